The van der Waals surface area contributed by atoms with E-state index in [9.17, 15) is 13.8 Å². The van der Waals surface area contributed by atoms with Gasteiger partial charge in [-0.1, -0.05) is 0 Å². The summed E-state index contributed by atoms with van der Waals surface area (Å²) in [5.41, 5.74) is 0. The molecule has 0 bridgehead atoms. The molecule has 0 rings (SSSR count). The fraction of sp³-hybridized carbons (Fsp3) is 0.750. The van der Waals surface area contributed by atoms with Gasteiger partial charge in [-0.25, -0.2) is 9.59 Å². The molecule has 0 radical (unpaired) electrons. The second-order valence-electron chi connectivity index (χ2n) is 3.25. The number of carbonyl (C=O) groups excluding carboxylic acids is 1. The Morgan fingerprint density at radius 1 is 1.31 bits per heavy atom. The quantitative estimate of drug-likeness (QED) is 0.459. The van der Waals surface area contributed by atoms with Gasteiger partial charge in [0.15, 0.2) is 6.10 Å². The number of urea groups is 1. The number of carboxylic acids is 1. The summed E-state index contributed by atoms with van der Waals surface area (Å²) in [6, 6.07) is -0.599. The van der Waals surface area contributed by atoms with Gasteiger partial charge in [-0.3, -0.25) is 4.21 Å². The standard InChI is InChI=1S/C8H16N2O5S/c1-5(16(2)15)3-9-8(14)10-4-6(11)7(12)13/h5-6,11H,3-4H2,1-2H3,(H,12,13)(H2,9,10,14). The van der Waals surface area contributed by atoms with E-state index in [1.165, 1.54) is 6.26 Å². The smallest absolute Gasteiger partial charge is 0.334 e. The van der Waals surface area contributed by atoms with Crippen LogP contribution in [0.5, 0.6) is 0 Å². The highest BCUT2D eigenvalue weighted by Gasteiger charge is 2.14. The van der Waals surface area contributed by atoms with Crippen LogP contribution in [0.3, 0.4) is 0 Å². The van der Waals surface area contributed by atoms with Crippen molar-refractivity contribution in [1.82, 2.24) is 10.6 Å². The van der Waals surface area contributed by atoms with Crippen molar-refractivity contribution in [3.8, 4) is 0 Å². The zero-order valence-electron chi connectivity index (χ0n) is 9.10. The van der Waals surface area contributed by atoms with Crippen LogP contribution in [0.1, 0.15) is 6.92 Å². The molecule has 16 heavy (non-hydrogen) atoms. The summed E-state index contributed by atoms with van der Waals surface area (Å²) in [5, 5.41) is 21.6. The van der Waals surface area contributed by atoms with E-state index < -0.39 is 28.9 Å². The Balaban J connectivity index is 3.75. The fourth-order valence-corrected chi connectivity index (χ4v) is 1.01. The number of aliphatic hydroxyl groups is 1. The third kappa shape index (κ3) is 6.36. The summed E-state index contributed by atoms with van der Waals surface area (Å²) in [6.45, 7) is 1.56. The molecule has 8 heteroatoms. The molecule has 0 heterocycles. The monoisotopic (exact) mass is 252 g/mol. The van der Waals surface area contributed by atoms with E-state index in [0.717, 1.165) is 0 Å². The lowest BCUT2D eigenvalue weighted by atomic mass is 10.3. The van der Waals surface area contributed by atoms with E-state index in [0.29, 0.717) is 0 Å². The van der Waals surface area contributed by atoms with Crippen molar-refractivity contribution >= 4 is 22.8 Å². The van der Waals surface area contributed by atoms with Gasteiger partial charge in [0.05, 0.1) is 6.54 Å². The first-order valence-electron chi connectivity index (χ1n) is 4.59. The van der Waals surface area contributed by atoms with Gasteiger partial charge in [0, 0.05) is 28.9 Å². The number of carboxylic acid groups (broad SMARTS) is 1. The van der Waals surface area contributed by atoms with Gasteiger partial charge < -0.3 is 20.8 Å². The van der Waals surface area contributed by atoms with Crippen LogP contribution in [-0.4, -0.2) is 57.1 Å². The third-order valence-electron chi connectivity index (χ3n) is 1.86. The van der Waals surface area contributed by atoms with E-state index in [-0.39, 0.29) is 18.3 Å². The molecule has 0 spiro atoms. The maximum atomic E-state index is 11.1. The molecule has 94 valence electrons. The molecule has 0 saturated heterocycles. The van der Waals surface area contributed by atoms with Crippen LogP contribution in [0.2, 0.25) is 0 Å². The molecule has 0 aromatic heterocycles. The average molecular weight is 252 g/mol. The molecule has 0 saturated carbocycles. The molecule has 0 aliphatic heterocycles. The molecule has 0 aromatic rings. The zero-order valence-corrected chi connectivity index (χ0v) is 9.91. The summed E-state index contributed by atoms with van der Waals surface area (Å²) in [5.74, 6) is -1.40. The van der Waals surface area contributed by atoms with Crippen molar-refractivity contribution in [3.63, 3.8) is 0 Å². The van der Waals surface area contributed by atoms with E-state index in [4.69, 9.17) is 10.2 Å². The van der Waals surface area contributed by atoms with Gasteiger partial charge in [-0.2, -0.15) is 0 Å². The SMILES string of the molecule is CC(CNC(=O)NCC(O)C(=O)O)S(C)=O. The van der Waals surface area contributed by atoms with Crippen LogP contribution in [0, 0.1) is 0 Å². The number of aliphatic hydroxyl groups excluding tert-OH is 1. The summed E-state index contributed by atoms with van der Waals surface area (Å²) < 4.78 is 10.9. The molecule has 0 aliphatic rings. The number of hydrogen-bond acceptors (Lipinski definition) is 4. The molecule has 3 unspecified atom stereocenters. The highest BCUT2D eigenvalue weighted by molar-refractivity contribution is 7.84. The van der Waals surface area contributed by atoms with Crippen LogP contribution in [0.15, 0.2) is 0 Å². The predicted molar refractivity (Wildman–Crippen MR) is 58.6 cm³/mol. The Hall–Kier alpha value is -1.15. The first kappa shape index (κ1) is 14.8. The number of hydrogen-bond donors (Lipinski definition) is 4. The van der Waals surface area contributed by atoms with Gasteiger partial charge in [0.1, 0.15) is 0 Å². The van der Waals surface area contributed by atoms with E-state index in [1.54, 1.807) is 6.92 Å². The number of rotatable bonds is 6. The van der Waals surface area contributed by atoms with Crippen molar-refractivity contribution in [1.29, 1.82) is 0 Å². The average Bonchev–Trinajstić information content (AvgIpc) is 2.21. The van der Waals surface area contributed by atoms with Crippen molar-refractivity contribution < 1.29 is 24.0 Å². The molecule has 0 aromatic carbocycles. The molecule has 0 aliphatic carbocycles. The summed E-state index contributed by atoms with van der Waals surface area (Å²) in [6.07, 6.45) is -0.0956. The topological polar surface area (TPSA) is 116 Å². The highest BCUT2D eigenvalue weighted by Crippen LogP contribution is 1.89. The van der Waals surface area contributed by atoms with Crippen molar-refractivity contribution in [2.45, 2.75) is 18.3 Å². The molecule has 4 N–H and O–H groups in total. The molecular weight excluding hydrogens is 236 g/mol. The maximum Gasteiger partial charge on any atom is 0.334 e. The molecule has 2 amide bonds. The fourth-order valence-electron chi connectivity index (χ4n) is 0.693. The summed E-state index contributed by atoms with van der Waals surface area (Å²) in [4.78, 5) is 21.3. The van der Waals surface area contributed by atoms with Crippen molar-refractivity contribution in [3.05, 3.63) is 0 Å². The largest absolute Gasteiger partial charge is 0.479 e. The summed E-state index contributed by atoms with van der Waals surface area (Å²) in [7, 11) is -1.03. The van der Waals surface area contributed by atoms with Crippen LogP contribution in [0.25, 0.3) is 0 Å². The Morgan fingerprint density at radius 3 is 2.25 bits per heavy atom. The lowest BCUT2D eigenvalue weighted by Crippen LogP contribution is -2.44. The lowest BCUT2D eigenvalue weighted by Gasteiger charge is -2.11. The van der Waals surface area contributed by atoms with Gasteiger partial charge in [0.2, 0.25) is 0 Å². The van der Waals surface area contributed by atoms with E-state index in [1.807, 2.05) is 0 Å². The minimum Gasteiger partial charge on any atom is -0.479 e. The molecule has 7 nitrogen and oxygen atoms in total. The van der Waals surface area contributed by atoms with Gasteiger partial charge in [-0.15, -0.1) is 0 Å². The number of amides is 2. The van der Waals surface area contributed by atoms with Gasteiger partial charge >= 0.3 is 12.0 Å². The van der Waals surface area contributed by atoms with Crippen LogP contribution in [-0.2, 0) is 15.6 Å². The molecule has 3 atom stereocenters. The Labute approximate surface area is 95.7 Å². The van der Waals surface area contributed by atoms with Gasteiger partial charge in [-0.05, 0) is 6.92 Å². The van der Waals surface area contributed by atoms with Crippen LogP contribution in [0.4, 0.5) is 4.79 Å². The minimum absolute atomic E-state index is 0.185. The Morgan fingerprint density at radius 2 is 1.81 bits per heavy atom. The van der Waals surface area contributed by atoms with Gasteiger partial charge in [0.25, 0.3) is 0 Å². The molecular formula is C8H16N2O5S. The highest BCUT2D eigenvalue weighted by atomic mass is 32.2. The molecule has 0 fully saturated rings. The van der Waals surface area contributed by atoms with Crippen molar-refractivity contribution in [2.24, 2.45) is 0 Å². The second-order valence-corrected chi connectivity index (χ2v) is 5.06. The third-order valence-corrected chi connectivity index (χ3v) is 3.16. The first-order valence-corrected chi connectivity index (χ1v) is 6.21. The second kappa shape index (κ2) is 7.18. The van der Waals surface area contributed by atoms with Crippen LogP contribution < -0.4 is 10.6 Å². The number of nitrogens with one attached hydrogen (secondary N) is 2. The Kier molecular flexibility index (Phi) is 6.66. The predicted octanol–water partition coefficient (Wildman–Crippen LogP) is -1.50. The summed E-state index contributed by atoms with van der Waals surface area (Å²) >= 11 is 0. The van der Waals surface area contributed by atoms with Crippen molar-refractivity contribution in [2.75, 3.05) is 19.3 Å². The van der Waals surface area contributed by atoms with Crippen LogP contribution >= 0.6 is 0 Å². The normalized spacial score (nSPS) is 15.9. The minimum atomic E-state index is -1.62. The number of aliphatic carboxylic acids is 1. The number of carbonyl (C=O) groups is 2. The lowest BCUT2D eigenvalue weighted by molar-refractivity contribution is -0.146. The Bertz CT molecular complexity index is 258. The maximum absolute atomic E-state index is 11.1. The zero-order chi connectivity index (χ0) is 12.7. The van der Waals surface area contributed by atoms with E-state index >= 15 is 0 Å². The van der Waals surface area contributed by atoms with E-state index in [2.05, 4.69) is 10.6 Å². The first-order chi connectivity index (χ1) is 7.34.